The van der Waals surface area contributed by atoms with Crippen LogP contribution in [0.25, 0.3) is 0 Å². The molecule has 0 spiro atoms. The number of carbonyl (C=O) groups is 2. The van der Waals surface area contributed by atoms with E-state index in [1.807, 2.05) is 6.92 Å². The second-order valence-corrected chi connectivity index (χ2v) is 5.55. The highest BCUT2D eigenvalue weighted by Crippen LogP contribution is 2.29. The Hall–Kier alpha value is -1.10. The van der Waals surface area contributed by atoms with Gasteiger partial charge in [-0.05, 0) is 19.8 Å². The average Bonchev–Trinajstić information content (AvgIpc) is 2.83. The highest BCUT2D eigenvalue weighted by molar-refractivity contribution is 5.87. The van der Waals surface area contributed by atoms with E-state index in [0.29, 0.717) is 6.04 Å². The van der Waals surface area contributed by atoms with E-state index in [4.69, 9.17) is 5.11 Å². The highest BCUT2D eigenvalue weighted by atomic mass is 16.4. The predicted molar refractivity (Wildman–Crippen MR) is 67.2 cm³/mol. The third-order valence-electron chi connectivity index (χ3n) is 4.33. The van der Waals surface area contributed by atoms with Crippen molar-refractivity contribution in [2.75, 3.05) is 13.6 Å². The molecule has 1 heterocycles. The van der Waals surface area contributed by atoms with Crippen molar-refractivity contribution in [3.8, 4) is 0 Å². The number of likely N-dealkylation sites (N-methyl/N-ethyl adjacent to an activating group) is 1. The number of rotatable bonds is 3. The number of aliphatic carboxylic acids is 1. The zero-order valence-corrected chi connectivity index (χ0v) is 11.1. The van der Waals surface area contributed by atoms with E-state index in [1.165, 1.54) is 12.8 Å². The molecule has 0 aromatic carbocycles. The third kappa shape index (κ3) is 2.51. The van der Waals surface area contributed by atoms with Crippen LogP contribution in [-0.4, -0.2) is 58.5 Å². The van der Waals surface area contributed by atoms with Crippen LogP contribution in [0.3, 0.4) is 0 Å². The van der Waals surface area contributed by atoms with Gasteiger partial charge in [0.05, 0.1) is 6.42 Å². The van der Waals surface area contributed by atoms with E-state index in [9.17, 15) is 9.59 Å². The summed E-state index contributed by atoms with van der Waals surface area (Å²) < 4.78 is 0. The number of nitrogens with zero attached hydrogens (tertiary/aromatic N) is 2. The first-order valence-corrected chi connectivity index (χ1v) is 6.75. The summed E-state index contributed by atoms with van der Waals surface area (Å²) >= 11 is 0. The fourth-order valence-electron chi connectivity index (χ4n) is 3.16. The Balaban J connectivity index is 2.16. The van der Waals surface area contributed by atoms with Crippen molar-refractivity contribution in [3.05, 3.63) is 0 Å². The molecule has 2 fully saturated rings. The number of carbonyl (C=O) groups excluding carboxylic acids is 1. The lowest BCUT2D eigenvalue weighted by Gasteiger charge is -2.45. The van der Waals surface area contributed by atoms with Gasteiger partial charge >= 0.3 is 5.97 Å². The fraction of sp³-hybridized carbons (Fsp3) is 0.846. The molecule has 5 heteroatoms. The van der Waals surface area contributed by atoms with Gasteiger partial charge in [-0.25, -0.2) is 0 Å². The molecule has 2 atom stereocenters. The summed E-state index contributed by atoms with van der Waals surface area (Å²) in [6.45, 7) is 2.82. The van der Waals surface area contributed by atoms with Gasteiger partial charge in [0.15, 0.2) is 0 Å². The first kappa shape index (κ1) is 13.3. The van der Waals surface area contributed by atoms with Crippen LogP contribution in [0.1, 0.15) is 39.0 Å². The number of piperazine rings is 1. The van der Waals surface area contributed by atoms with Crippen LogP contribution >= 0.6 is 0 Å². The molecular formula is C13H22N2O3. The topological polar surface area (TPSA) is 60.9 Å². The van der Waals surface area contributed by atoms with Crippen molar-refractivity contribution in [1.82, 2.24) is 9.80 Å². The predicted octanol–water partition coefficient (Wildman–Crippen LogP) is 0.935. The van der Waals surface area contributed by atoms with Gasteiger partial charge in [0.2, 0.25) is 5.91 Å². The van der Waals surface area contributed by atoms with Crippen molar-refractivity contribution in [3.63, 3.8) is 0 Å². The van der Waals surface area contributed by atoms with Crippen LogP contribution in [0, 0.1) is 0 Å². The summed E-state index contributed by atoms with van der Waals surface area (Å²) in [5.41, 5.74) is 0. The molecule has 0 aromatic heterocycles. The number of hydrogen-bond donors (Lipinski definition) is 1. The minimum Gasteiger partial charge on any atom is -0.481 e. The average molecular weight is 254 g/mol. The molecule has 5 nitrogen and oxygen atoms in total. The van der Waals surface area contributed by atoms with E-state index < -0.39 is 12.0 Å². The summed E-state index contributed by atoms with van der Waals surface area (Å²) in [6, 6.07) is 0.101. The minimum absolute atomic E-state index is 0.0388. The second kappa shape index (κ2) is 5.26. The Morgan fingerprint density at radius 2 is 2.00 bits per heavy atom. The molecule has 1 saturated heterocycles. The van der Waals surface area contributed by atoms with E-state index in [0.717, 1.165) is 19.4 Å². The lowest BCUT2D eigenvalue weighted by molar-refractivity contribution is -0.152. The van der Waals surface area contributed by atoms with Crippen molar-refractivity contribution < 1.29 is 14.7 Å². The van der Waals surface area contributed by atoms with Crippen LogP contribution in [0.2, 0.25) is 0 Å². The largest absolute Gasteiger partial charge is 0.481 e. The minimum atomic E-state index is -0.890. The molecule has 2 aliphatic rings. The van der Waals surface area contributed by atoms with Crippen molar-refractivity contribution >= 4 is 11.9 Å². The third-order valence-corrected chi connectivity index (χ3v) is 4.33. The molecule has 102 valence electrons. The summed E-state index contributed by atoms with van der Waals surface area (Å²) in [5, 5.41) is 9.00. The summed E-state index contributed by atoms with van der Waals surface area (Å²) in [7, 11) is 1.77. The van der Waals surface area contributed by atoms with Gasteiger partial charge in [-0.15, -0.1) is 0 Å². The Bertz CT molecular complexity index is 339. The molecule has 1 N–H and O–H groups in total. The number of carboxylic acid groups (broad SMARTS) is 1. The molecule has 1 aliphatic carbocycles. The van der Waals surface area contributed by atoms with Gasteiger partial charge in [-0.2, -0.15) is 0 Å². The molecule has 0 aromatic rings. The molecule has 1 saturated carbocycles. The smallest absolute Gasteiger partial charge is 0.305 e. The quantitative estimate of drug-likeness (QED) is 0.814. The van der Waals surface area contributed by atoms with Crippen LogP contribution in [-0.2, 0) is 9.59 Å². The van der Waals surface area contributed by atoms with E-state index in [1.54, 1.807) is 11.9 Å². The van der Waals surface area contributed by atoms with Gasteiger partial charge in [0.25, 0.3) is 0 Å². The van der Waals surface area contributed by atoms with E-state index in [2.05, 4.69) is 4.90 Å². The highest BCUT2D eigenvalue weighted by Gasteiger charge is 2.41. The first-order chi connectivity index (χ1) is 8.50. The van der Waals surface area contributed by atoms with Gasteiger partial charge in [0.1, 0.15) is 6.04 Å². The number of hydrogen-bond acceptors (Lipinski definition) is 3. The first-order valence-electron chi connectivity index (χ1n) is 6.75. The van der Waals surface area contributed by atoms with Gasteiger partial charge < -0.3 is 10.0 Å². The zero-order valence-electron chi connectivity index (χ0n) is 11.1. The molecular weight excluding hydrogens is 232 g/mol. The summed E-state index contributed by atoms with van der Waals surface area (Å²) in [5.74, 6) is -0.928. The zero-order chi connectivity index (χ0) is 13.3. The molecule has 0 bridgehead atoms. The fourth-order valence-corrected chi connectivity index (χ4v) is 3.16. The SMILES string of the molecule is CC1CN(C2CCCC2)C(CC(=O)O)C(=O)N1C. The van der Waals surface area contributed by atoms with E-state index in [-0.39, 0.29) is 18.4 Å². The normalized spacial score (nSPS) is 31.0. The Morgan fingerprint density at radius 1 is 1.39 bits per heavy atom. The standard InChI is InChI=1S/C13H22N2O3/c1-9-8-15(10-5-3-4-6-10)11(7-12(16)17)13(18)14(9)2/h9-11H,3-8H2,1-2H3,(H,16,17). The maximum Gasteiger partial charge on any atom is 0.305 e. The molecule has 1 aliphatic heterocycles. The van der Waals surface area contributed by atoms with E-state index >= 15 is 0 Å². The van der Waals surface area contributed by atoms with Crippen LogP contribution in [0.5, 0.6) is 0 Å². The van der Waals surface area contributed by atoms with Crippen LogP contribution in [0.15, 0.2) is 0 Å². The number of amides is 1. The maximum atomic E-state index is 12.3. The van der Waals surface area contributed by atoms with Crippen LogP contribution in [0.4, 0.5) is 0 Å². The molecule has 18 heavy (non-hydrogen) atoms. The number of carboxylic acids is 1. The Labute approximate surface area is 108 Å². The molecule has 0 radical (unpaired) electrons. The van der Waals surface area contributed by atoms with Crippen LogP contribution < -0.4 is 0 Å². The summed E-state index contributed by atoms with van der Waals surface area (Å²) in [6.07, 6.45) is 4.50. The molecule has 1 amide bonds. The lowest BCUT2D eigenvalue weighted by Crippen LogP contribution is -2.62. The van der Waals surface area contributed by atoms with Crippen molar-refractivity contribution in [2.45, 2.75) is 57.2 Å². The second-order valence-electron chi connectivity index (χ2n) is 5.55. The monoisotopic (exact) mass is 254 g/mol. The maximum absolute atomic E-state index is 12.3. The molecule has 2 rings (SSSR count). The van der Waals surface area contributed by atoms with Gasteiger partial charge in [0, 0.05) is 25.7 Å². The van der Waals surface area contributed by atoms with Gasteiger partial charge in [-0.3, -0.25) is 14.5 Å². The Morgan fingerprint density at radius 3 is 2.56 bits per heavy atom. The Kier molecular flexibility index (Phi) is 3.90. The molecule has 2 unspecified atom stereocenters. The van der Waals surface area contributed by atoms with Crippen molar-refractivity contribution in [1.29, 1.82) is 0 Å². The summed E-state index contributed by atoms with van der Waals surface area (Å²) in [4.78, 5) is 27.1. The van der Waals surface area contributed by atoms with Crippen molar-refractivity contribution in [2.24, 2.45) is 0 Å². The van der Waals surface area contributed by atoms with Gasteiger partial charge in [-0.1, -0.05) is 12.8 Å². The lowest BCUT2D eigenvalue weighted by atomic mass is 10.0.